The van der Waals surface area contributed by atoms with E-state index in [1.165, 1.54) is 0 Å². The van der Waals surface area contributed by atoms with Crippen LogP contribution in [0.25, 0.3) is 5.52 Å². The van der Waals surface area contributed by atoms with Crippen LogP contribution in [0.2, 0.25) is 0 Å². The Morgan fingerprint density at radius 3 is 2.76 bits per heavy atom. The fourth-order valence-corrected chi connectivity index (χ4v) is 1.90. The Morgan fingerprint density at radius 1 is 1.41 bits per heavy atom. The molecule has 0 N–H and O–H groups in total. The molecule has 17 heavy (non-hydrogen) atoms. The molecule has 0 saturated heterocycles. The SMILES string of the molecule is CC(C)(C)OC(=O)c1cccc2c(Br)ncn12. The van der Waals surface area contributed by atoms with Crippen LogP contribution in [-0.4, -0.2) is 21.0 Å². The molecule has 0 saturated carbocycles. The monoisotopic (exact) mass is 296 g/mol. The minimum absolute atomic E-state index is 0.354. The summed E-state index contributed by atoms with van der Waals surface area (Å²) in [4.78, 5) is 16.1. The van der Waals surface area contributed by atoms with Crippen molar-refractivity contribution < 1.29 is 9.53 Å². The number of nitrogens with zero attached hydrogens (tertiary/aromatic N) is 2. The topological polar surface area (TPSA) is 43.6 Å². The second-order valence-corrected chi connectivity index (χ2v) is 5.45. The van der Waals surface area contributed by atoms with Gasteiger partial charge in [-0.15, -0.1) is 0 Å². The summed E-state index contributed by atoms with van der Waals surface area (Å²) in [5.41, 5.74) is 0.806. The molecule has 90 valence electrons. The van der Waals surface area contributed by atoms with E-state index in [0.717, 1.165) is 5.52 Å². The summed E-state index contributed by atoms with van der Waals surface area (Å²) in [5, 5.41) is 0. The summed E-state index contributed by atoms with van der Waals surface area (Å²) in [7, 11) is 0. The van der Waals surface area contributed by atoms with E-state index >= 15 is 0 Å². The molecule has 0 aromatic carbocycles. The molecule has 0 aliphatic rings. The summed E-state index contributed by atoms with van der Waals surface area (Å²) in [6, 6.07) is 5.40. The van der Waals surface area contributed by atoms with Crippen molar-refractivity contribution in [2.24, 2.45) is 0 Å². The normalized spacial score (nSPS) is 11.8. The quantitative estimate of drug-likeness (QED) is 0.760. The maximum absolute atomic E-state index is 12.0. The molecule has 0 radical (unpaired) electrons. The molecule has 0 amide bonds. The van der Waals surface area contributed by atoms with Crippen LogP contribution in [0.15, 0.2) is 29.1 Å². The molecule has 4 nitrogen and oxygen atoms in total. The Morgan fingerprint density at radius 2 is 2.12 bits per heavy atom. The van der Waals surface area contributed by atoms with Gasteiger partial charge in [0.05, 0.1) is 5.52 Å². The lowest BCUT2D eigenvalue weighted by molar-refractivity contribution is 0.00612. The number of pyridine rings is 1. The molecule has 0 spiro atoms. The van der Waals surface area contributed by atoms with Crippen molar-refractivity contribution in [2.45, 2.75) is 26.4 Å². The fourth-order valence-electron chi connectivity index (χ4n) is 1.48. The Balaban J connectivity index is 2.45. The smallest absolute Gasteiger partial charge is 0.355 e. The van der Waals surface area contributed by atoms with Gasteiger partial charge in [-0.3, -0.25) is 4.40 Å². The van der Waals surface area contributed by atoms with Crippen LogP contribution in [0.4, 0.5) is 0 Å². The number of aromatic nitrogens is 2. The molecule has 0 aliphatic carbocycles. The molecule has 0 atom stereocenters. The lowest BCUT2D eigenvalue weighted by atomic mass is 10.2. The largest absolute Gasteiger partial charge is 0.455 e. The van der Waals surface area contributed by atoms with Crippen LogP contribution in [0, 0.1) is 0 Å². The summed E-state index contributed by atoms with van der Waals surface area (Å²) in [6.07, 6.45) is 1.60. The second kappa shape index (κ2) is 4.14. The van der Waals surface area contributed by atoms with Crippen molar-refractivity contribution in [3.8, 4) is 0 Å². The summed E-state index contributed by atoms with van der Waals surface area (Å²) < 4.78 is 7.76. The van der Waals surface area contributed by atoms with Gasteiger partial charge in [0.15, 0.2) is 0 Å². The van der Waals surface area contributed by atoms with Gasteiger partial charge in [-0.2, -0.15) is 0 Å². The first-order chi connectivity index (χ1) is 7.88. The van der Waals surface area contributed by atoms with Crippen LogP contribution in [0.1, 0.15) is 31.3 Å². The number of carbonyl (C=O) groups excluding carboxylic acids is 1. The minimum atomic E-state index is -0.503. The number of imidazole rings is 1. The predicted molar refractivity (Wildman–Crippen MR) is 68.1 cm³/mol. The first-order valence-electron chi connectivity index (χ1n) is 5.23. The third-order valence-corrected chi connectivity index (χ3v) is 2.74. The molecule has 2 aromatic heterocycles. The van der Waals surface area contributed by atoms with Crippen LogP contribution in [0.5, 0.6) is 0 Å². The number of esters is 1. The second-order valence-electron chi connectivity index (χ2n) is 4.70. The number of hydrogen-bond acceptors (Lipinski definition) is 3. The van der Waals surface area contributed by atoms with Crippen LogP contribution < -0.4 is 0 Å². The lowest BCUT2D eigenvalue weighted by Gasteiger charge is -2.19. The Hall–Kier alpha value is -1.36. The zero-order valence-electron chi connectivity index (χ0n) is 9.90. The van der Waals surface area contributed by atoms with Gasteiger partial charge in [0.2, 0.25) is 0 Å². The van der Waals surface area contributed by atoms with Gasteiger partial charge in [-0.1, -0.05) is 6.07 Å². The summed E-state index contributed by atoms with van der Waals surface area (Å²) in [5.74, 6) is -0.354. The van der Waals surface area contributed by atoms with Crippen molar-refractivity contribution in [3.63, 3.8) is 0 Å². The predicted octanol–water partition coefficient (Wildman–Crippen LogP) is 3.05. The molecule has 2 aromatic rings. The van der Waals surface area contributed by atoms with Gasteiger partial charge < -0.3 is 4.74 Å². The average Bonchev–Trinajstić information content (AvgIpc) is 2.58. The molecule has 2 heterocycles. The molecule has 0 unspecified atom stereocenters. The Labute approximate surface area is 108 Å². The van der Waals surface area contributed by atoms with Crippen molar-refractivity contribution in [2.75, 3.05) is 0 Å². The first kappa shape index (κ1) is 12.1. The molecule has 2 rings (SSSR count). The highest BCUT2D eigenvalue weighted by molar-refractivity contribution is 9.10. The number of carbonyl (C=O) groups is 1. The van der Waals surface area contributed by atoms with Gasteiger partial charge in [-0.25, -0.2) is 9.78 Å². The van der Waals surface area contributed by atoms with Crippen molar-refractivity contribution in [1.82, 2.24) is 9.38 Å². The Kier molecular flexibility index (Phi) is 2.95. The van der Waals surface area contributed by atoms with Gasteiger partial charge in [0.1, 0.15) is 22.2 Å². The third-order valence-electron chi connectivity index (χ3n) is 2.13. The van der Waals surface area contributed by atoms with Gasteiger partial charge in [0, 0.05) is 0 Å². The van der Waals surface area contributed by atoms with Gasteiger partial charge >= 0.3 is 5.97 Å². The number of ether oxygens (including phenoxy) is 1. The van der Waals surface area contributed by atoms with E-state index < -0.39 is 5.60 Å². The highest BCUT2D eigenvalue weighted by atomic mass is 79.9. The highest BCUT2D eigenvalue weighted by Crippen LogP contribution is 2.19. The molecular formula is C12H13BrN2O2. The molecule has 0 aliphatic heterocycles. The van der Waals surface area contributed by atoms with Gasteiger partial charge in [0.25, 0.3) is 0 Å². The summed E-state index contributed by atoms with van der Waals surface area (Å²) >= 11 is 3.33. The van der Waals surface area contributed by atoms with E-state index in [2.05, 4.69) is 20.9 Å². The highest BCUT2D eigenvalue weighted by Gasteiger charge is 2.20. The zero-order valence-corrected chi connectivity index (χ0v) is 11.5. The number of fused-ring (bicyclic) bond motifs is 1. The standard InChI is InChI=1S/C12H13BrN2O2/c1-12(2,3)17-11(16)9-6-4-5-8-10(13)14-7-15(8)9/h4-7H,1-3H3. The Bertz CT molecular complexity index is 569. The van der Waals surface area contributed by atoms with Crippen molar-refractivity contribution in [3.05, 3.63) is 34.8 Å². The van der Waals surface area contributed by atoms with E-state index in [9.17, 15) is 4.79 Å². The summed E-state index contributed by atoms with van der Waals surface area (Å²) in [6.45, 7) is 5.53. The maximum atomic E-state index is 12.0. The average molecular weight is 297 g/mol. The van der Waals surface area contributed by atoms with E-state index in [-0.39, 0.29) is 5.97 Å². The van der Waals surface area contributed by atoms with Crippen molar-refractivity contribution >= 4 is 27.4 Å². The number of halogens is 1. The third kappa shape index (κ3) is 2.49. The van der Waals surface area contributed by atoms with Crippen LogP contribution in [-0.2, 0) is 4.74 Å². The fraction of sp³-hybridized carbons (Fsp3) is 0.333. The number of hydrogen-bond donors (Lipinski definition) is 0. The molecule has 0 bridgehead atoms. The minimum Gasteiger partial charge on any atom is -0.455 e. The van der Waals surface area contributed by atoms with Gasteiger partial charge in [-0.05, 0) is 48.8 Å². The van der Waals surface area contributed by atoms with E-state index in [1.54, 1.807) is 22.9 Å². The molecule has 0 fully saturated rings. The van der Waals surface area contributed by atoms with E-state index in [1.807, 2.05) is 26.8 Å². The molecule has 5 heteroatoms. The maximum Gasteiger partial charge on any atom is 0.355 e. The van der Waals surface area contributed by atoms with Crippen LogP contribution in [0.3, 0.4) is 0 Å². The van der Waals surface area contributed by atoms with E-state index in [4.69, 9.17) is 4.74 Å². The van der Waals surface area contributed by atoms with E-state index in [0.29, 0.717) is 10.3 Å². The van der Waals surface area contributed by atoms with Crippen molar-refractivity contribution in [1.29, 1.82) is 0 Å². The lowest BCUT2D eigenvalue weighted by Crippen LogP contribution is -2.25. The first-order valence-corrected chi connectivity index (χ1v) is 6.03. The zero-order chi connectivity index (χ0) is 12.6. The number of rotatable bonds is 1. The molecular weight excluding hydrogens is 284 g/mol. The van der Waals surface area contributed by atoms with Crippen LogP contribution >= 0.6 is 15.9 Å².